The number of benzene rings is 3. The second-order valence-electron chi connectivity index (χ2n) is 5.81. The fourth-order valence-corrected chi connectivity index (χ4v) is 2.94. The fourth-order valence-electron chi connectivity index (χ4n) is 2.63. The summed E-state index contributed by atoms with van der Waals surface area (Å²) in [5, 5.41) is 6.49. The maximum Gasteiger partial charge on any atom is 0.162 e. The Balaban J connectivity index is 1.72. The lowest BCUT2D eigenvalue weighted by Gasteiger charge is -2.08. The van der Waals surface area contributed by atoms with Gasteiger partial charge in [-0.15, -0.1) is 0 Å². The van der Waals surface area contributed by atoms with Crippen molar-refractivity contribution in [1.29, 1.82) is 0 Å². The molecular weight excluding hydrogens is 379 g/mol. The van der Waals surface area contributed by atoms with Crippen molar-refractivity contribution in [3.63, 3.8) is 0 Å². The van der Waals surface area contributed by atoms with Gasteiger partial charge in [-0.3, -0.25) is 5.43 Å². The Morgan fingerprint density at radius 2 is 1.56 bits per heavy atom. The third-order valence-corrected chi connectivity index (χ3v) is 4.58. The van der Waals surface area contributed by atoms with E-state index < -0.39 is 0 Å². The Morgan fingerprint density at radius 3 is 2.37 bits per heavy atom. The number of hydrogen-bond donors (Lipinski definition) is 1. The van der Waals surface area contributed by atoms with E-state index in [1.165, 1.54) is 0 Å². The van der Waals surface area contributed by atoms with Crippen LogP contribution in [0.25, 0.3) is 22.3 Å². The molecule has 1 aromatic heterocycles. The molecule has 0 aliphatic heterocycles. The van der Waals surface area contributed by atoms with Crippen molar-refractivity contribution < 1.29 is 0 Å². The van der Waals surface area contributed by atoms with E-state index in [0.717, 1.165) is 22.0 Å². The zero-order valence-electron chi connectivity index (χ0n) is 14.1. The van der Waals surface area contributed by atoms with Crippen molar-refractivity contribution in [3.8, 4) is 11.4 Å². The molecule has 0 amide bonds. The SMILES string of the molecule is Clc1ccc(-c2nc(NN=Cc3ccccc3Cl)c3ccccc3n2)cc1. The second kappa shape index (κ2) is 7.74. The lowest BCUT2D eigenvalue weighted by molar-refractivity contribution is 1.19. The van der Waals surface area contributed by atoms with Crippen LogP contribution in [0.4, 0.5) is 5.82 Å². The van der Waals surface area contributed by atoms with Gasteiger partial charge in [0.2, 0.25) is 0 Å². The van der Waals surface area contributed by atoms with Crippen LogP contribution in [0.1, 0.15) is 5.56 Å². The summed E-state index contributed by atoms with van der Waals surface area (Å²) >= 11 is 12.1. The number of anilines is 1. The molecule has 0 atom stereocenters. The van der Waals surface area contributed by atoms with E-state index in [1.54, 1.807) is 6.21 Å². The average Bonchev–Trinajstić information content (AvgIpc) is 2.70. The largest absolute Gasteiger partial charge is 0.261 e. The van der Waals surface area contributed by atoms with Crippen LogP contribution in [0, 0.1) is 0 Å². The molecular formula is C21H14Cl2N4. The van der Waals surface area contributed by atoms with Gasteiger partial charge in [0.1, 0.15) is 0 Å². The van der Waals surface area contributed by atoms with Crippen molar-refractivity contribution in [2.24, 2.45) is 5.10 Å². The first-order valence-corrected chi connectivity index (χ1v) is 9.02. The number of para-hydroxylation sites is 1. The lowest BCUT2D eigenvalue weighted by atomic mass is 10.2. The molecule has 1 heterocycles. The Hall–Kier alpha value is -2.95. The van der Waals surface area contributed by atoms with Crippen molar-refractivity contribution in [3.05, 3.63) is 88.4 Å². The van der Waals surface area contributed by atoms with Gasteiger partial charge in [-0.1, -0.05) is 53.5 Å². The Labute approximate surface area is 166 Å². The van der Waals surface area contributed by atoms with Gasteiger partial charge in [0.15, 0.2) is 11.6 Å². The molecule has 0 aliphatic carbocycles. The molecule has 0 aliphatic rings. The molecule has 4 rings (SSSR count). The summed E-state index contributed by atoms with van der Waals surface area (Å²) in [6.45, 7) is 0. The molecule has 0 spiro atoms. The van der Waals surface area contributed by atoms with Gasteiger partial charge >= 0.3 is 0 Å². The van der Waals surface area contributed by atoms with Gasteiger partial charge < -0.3 is 0 Å². The van der Waals surface area contributed by atoms with Crippen molar-refractivity contribution in [2.45, 2.75) is 0 Å². The normalized spacial score (nSPS) is 11.2. The predicted molar refractivity (Wildman–Crippen MR) is 113 cm³/mol. The van der Waals surface area contributed by atoms with E-state index in [9.17, 15) is 0 Å². The zero-order chi connectivity index (χ0) is 18.6. The minimum atomic E-state index is 0.598. The van der Waals surface area contributed by atoms with Crippen LogP contribution in [0.2, 0.25) is 10.0 Å². The van der Waals surface area contributed by atoms with Crippen LogP contribution in [-0.4, -0.2) is 16.2 Å². The van der Waals surface area contributed by atoms with Gasteiger partial charge in [0.25, 0.3) is 0 Å². The van der Waals surface area contributed by atoms with E-state index in [-0.39, 0.29) is 0 Å². The molecule has 3 aromatic carbocycles. The van der Waals surface area contributed by atoms with Gasteiger partial charge in [0, 0.05) is 26.6 Å². The first kappa shape index (κ1) is 17.5. The number of nitrogens with one attached hydrogen (secondary N) is 1. The van der Waals surface area contributed by atoms with Gasteiger partial charge in [-0.25, -0.2) is 9.97 Å². The van der Waals surface area contributed by atoms with Gasteiger partial charge in [-0.2, -0.15) is 5.10 Å². The third-order valence-electron chi connectivity index (χ3n) is 3.98. The predicted octanol–water partition coefficient (Wildman–Crippen LogP) is 6.05. The number of halogens is 2. The van der Waals surface area contributed by atoms with E-state index in [2.05, 4.69) is 20.5 Å². The molecule has 4 nitrogen and oxygen atoms in total. The van der Waals surface area contributed by atoms with Crippen LogP contribution < -0.4 is 5.43 Å². The van der Waals surface area contributed by atoms with Gasteiger partial charge in [-0.05, 0) is 42.5 Å². The summed E-state index contributed by atoms with van der Waals surface area (Å²) < 4.78 is 0. The van der Waals surface area contributed by atoms with Crippen LogP contribution in [0.3, 0.4) is 0 Å². The van der Waals surface area contributed by atoms with E-state index in [0.29, 0.717) is 21.7 Å². The van der Waals surface area contributed by atoms with Crippen molar-refractivity contribution >= 4 is 46.1 Å². The molecule has 27 heavy (non-hydrogen) atoms. The molecule has 1 N–H and O–H groups in total. The first-order valence-electron chi connectivity index (χ1n) is 8.27. The Bertz CT molecular complexity index is 1120. The minimum Gasteiger partial charge on any atom is -0.261 e. The highest BCUT2D eigenvalue weighted by Crippen LogP contribution is 2.25. The summed E-state index contributed by atoms with van der Waals surface area (Å²) in [5.74, 6) is 1.22. The quantitative estimate of drug-likeness (QED) is 0.339. The standard InChI is InChI=1S/C21H14Cl2N4/c22-16-11-9-14(10-12-16)20-25-19-8-4-2-6-17(19)21(26-20)27-24-13-15-5-1-3-7-18(15)23/h1-13H,(H,25,26,27). The molecule has 6 heteroatoms. The topological polar surface area (TPSA) is 50.2 Å². The van der Waals surface area contributed by atoms with Crippen LogP contribution in [-0.2, 0) is 0 Å². The van der Waals surface area contributed by atoms with Crippen LogP contribution >= 0.6 is 23.2 Å². The molecule has 0 saturated carbocycles. The van der Waals surface area contributed by atoms with Gasteiger partial charge in [0.05, 0.1) is 11.7 Å². The number of fused-ring (bicyclic) bond motifs is 1. The number of nitrogens with zero attached hydrogens (tertiary/aromatic N) is 3. The zero-order valence-corrected chi connectivity index (χ0v) is 15.6. The maximum atomic E-state index is 6.16. The fraction of sp³-hybridized carbons (Fsp3) is 0. The molecule has 0 radical (unpaired) electrons. The number of hydrazone groups is 1. The van der Waals surface area contributed by atoms with E-state index in [4.69, 9.17) is 23.2 Å². The number of hydrogen-bond acceptors (Lipinski definition) is 4. The Kier molecular flexibility index (Phi) is 5.01. The van der Waals surface area contributed by atoms with E-state index in [1.807, 2.05) is 72.8 Å². The lowest BCUT2D eigenvalue weighted by Crippen LogP contribution is -1.99. The highest BCUT2D eigenvalue weighted by atomic mass is 35.5. The molecule has 4 aromatic rings. The summed E-state index contributed by atoms with van der Waals surface area (Å²) in [6, 6.07) is 22.7. The molecule has 0 bridgehead atoms. The summed E-state index contributed by atoms with van der Waals surface area (Å²) in [5.41, 5.74) is 5.55. The average molecular weight is 393 g/mol. The van der Waals surface area contributed by atoms with Crippen molar-refractivity contribution in [2.75, 3.05) is 5.43 Å². The third kappa shape index (κ3) is 3.92. The van der Waals surface area contributed by atoms with Crippen LogP contribution in [0.15, 0.2) is 77.9 Å². The minimum absolute atomic E-state index is 0.598. The highest BCUT2D eigenvalue weighted by Gasteiger charge is 2.09. The Morgan fingerprint density at radius 1 is 0.815 bits per heavy atom. The second-order valence-corrected chi connectivity index (χ2v) is 6.66. The molecule has 132 valence electrons. The van der Waals surface area contributed by atoms with Crippen molar-refractivity contribution in [1.82, 2.24) is 9.97 Å². The first-order chi connectivity index (χ1) is 13.2. The number of aromatic nitrogens is 2. The number of rotatable bonds is 4. The molecule has 0 saturated heterocycles. The van der Waals surface area contributed by atoms with E-state index >= 15 is 0 Å². The maximum absolute atomic E-state index is 6.16. The summed E-state index contributed by atoms with van der Waals surface area (Å²) in [7, 11) is 0. The summed E-state index contributed by atoms with van der Waals surface area (Å²) in [4.78, 5) is 9.29. The molecule has 0 unspecified atom stereocenters. The highest BCUT2D eigenvalue weighted by molar-refractivity contribution is 6.33. The monoisotopic (exact) mass is 392 g/mol. The van der Waals surface area contributed by atoms with Crippen LogP contribution in [0.5, 0.6) is 0 Å². The smallest absolute Gasteiger partial charge is 0.162 e. The molecule has 0 fully saturated rings. The summed E-state index contributed by atoms with van der Waals surface area (Å²) in [6.07, 6.45) is 1.67.